The number of thioether (sulfide) groups is 1. The Morgan fingerprint density at radius 2 is 2.33 bits per heavy atom. The summed E-state index contributed by atoms with van der Waals surface area (Å²) < 4.78 is 5.91. The van der Waals surface area contributed by atoms with Crippen LogP contribution >= 0.6 is 11.8 Å². The average Bonchev–Trinajstić information content (AvgIpc) is 2.57. The third kappa shape index (κ3) is 1.94. The average molecular weight is 221 g/mol. The lowest BCUT2D eigenvalue weighted by Gasteiger charge is -2.09. The van der Waals surface area contributed by atoms with Gasteiger partial charge in [-0.2, -0.15) is 0 Å². The Morgan fingerprint density at radius 1 is 1.53 bits per heavy atom. The highest BCUT2D eigenvalue weighted by molar-refractivity contribution is 7.99. The van der Waals surface area contributed by atoms with Gasteiger partial charge in [-0.3, -0.25) is 0 Å². The van der Waals surface area contributed by atoms with Gasteiger partial charge in [0.15, 0.2) is 0 Å². The Hall–Kier alpha value is -0.445. The van der Waals surface area contributed by atoms with Gasteiger partial charge >= 0.3 is 6.92 Å². The maximum Gasteiger partial charge on any atom is 0.325 e. The van der Waals surface area contributed by atoms with Crippen molar-refractivity contribution in [2.45, 2.75) is 31.2 Å². The summed E-state index contributed by atoms with van der Waals surface area (Å²) in [5.74, 6) is 0.625. The summed E-state index contributed by atoms with van der Waals surface area (Å²) in [4.78, 5) is 1.28. The van der Waals surface area contributed by atoms with E-state index in [0.29, 0.717) is 5.88 Å². The van der Waals surface area contributed by atoms with E-state index in [9.17, 15) is 0 Å². The van der Waals surface area contributed by atoms with Crippen LogP contribution in [0.4, 0.5) is 0 Å². The van der Waals surface area contributed by atoms with Crippen molar-refractivity contribution in [1.29, 1.82) is 0 Å². The van der Waals surface area contributed by atoms with Crippen molar-refractivity contribution in [3.8, 4) is 0 Å². The summed E-state index contributed by atoms with van der Waals surface area (Å²) >= 11 is 1.69. The van der Waals surface area contributed by atoms with Crippen LogP contribution in [0.3, 0.4) is 0 Å². The second kappa shape index (κ2) is 4.60. The van der Waals surface area contributed by atoms with Crippen molar-refractivity contribution >= 4 is 24.1 Å². The minimum atomic E-state index is 0.209. The van der Waals surface area contributed by atoms with Gasteiger partial charge in [-0.25, -0.2) is 0 Å². The number of benzene rings is 1. The van der Waals surface area contributed by atoms with E-state index in [-0.39, 0.29) is 13.0 Å². The first-order valence-electron chi connectivity index (χ1n) is 5.39. The molecule has 15 heavy (non-hydrogen) atoms. The molecule has 0 aliphatic carbocycles. The summed E-state index contributed by atoms with van der Waals surface area (Å²) in [6, 6.07) is 6.41. The molecule has 80 valence electrons. The van der Waals surface area contributed by atoms with Crippen molar-refractivity contribution in [3.05, 3.63) is 23.8 Å². The van der Waals surface area contributed by atoms with Crippen LogP contribution in [-0.4, -0.2) is 12.8 Å². The van der Waals surface area contributed by atoms with Crippen LogP contribution in [0.5, 0.6) is 0 Å². The topological polar surface area (TPSA) is 35.2 Å². The number of fused-ring (bicyclic) bond motifs is 1. The van der Waals surface area contributed by atoms with Gasteiger partial charge in [-0.05, 0) is 23.5 Å². The predicted octanol–water partition coefficient (Wildman–Crippen LogP) is 2.00. The smallest absolute Gasteiger partial charge is 0.325 e. The Labute approximate surface area is 95.7 Å². The van der Waals surface area contributed by atoms with E-state index in [4.69, 9.17) is 10.4 Å². The molecule has 0 spiro atoms. The van der Waals surface area contributed by atoms with Crippen LogP contribution in [-0.2, 0) is 4.65 Å². The minimum Gasteiger partial charge on any atom is -0.424 e. The van der Waals surface area contributed by atoms with Crippen molar-refractivity contribution in [2.24, 2.45) is 5.73 Å². The lowest BCUT2D eigenvalue weighted by Crippen LogP contribution is -2.26. The second-order valence-corrected chi connectivity index (χ2v) is 4.81. The first-order valence-corrected chi connectivity index (χ1v) is 6.37. The van der Waals surface area contributed by atoms with Crippen LogP contribution in [0.15, 0.2) is 23.1 Å². The molecular formula is C11H16BNOS. The SMILES string of the molecule is CC[C@@H]1OB(C)c2c(SCN)cccc21. The molecule has 4 heteroatoms. The molecule has 0 saturated carbocycles. The lowest BCUT2D eigenvalue weighted by molar-refractivity contribution is 0.221. The number of rotatable bonds is 3. The zero-order valence-electron chi connectivity index (χ0n) is 9.19. The molecule has 2 N–H and O–H groups in total. The Bertz CT molecular complexity index is 358. The summed E-state index contributed by atoms with van der Waals surface area (Å²) in [6.45, 7) is 4.49. The molecule has 0 radical (unpaired) electrons. The molecule has 2 rings (SSSR count). The van der Waals surface area contributed by atoms with Gasteiger partial charge in [-0.1, -0.05) is 25.9 Å². The first-order chi connectivity index (χ1) is 7.27. The zero-order chi connectivity index (χ0) is 10.8. The molecule has 1 aliphatic rings. The summed E-state index contributed by atoms with van der Waals surface area (Å²) in [5, 5.41) is 0. The molecule has 1 atom stereocenters. The highest BCUT2D eigenvalue weighted by atomic mass is 32.2. The molecule has 1 aromatic carbocycles. The van der Waals surface area contributed by atoms with E-state index < -0.39 is 0 Å². The standard InChI is InChI=1S/C11H16BNOS/c1-3-9-8-5-4-6-10(15-7-13)11(8)12(2)14-9/h4-6,9H,3,7,13H2,1-2H3/t9-/m0/s1. The normalized spacial score (nSPS) is 19.4. The molecule has 0 saturated heterocycles. The Morgan fingerprint density at radius 3 is 3.00 bits per heavy atom. The molecule has 1 heterocycles. The molecule has 0 amide bonds. The van der Waals surface area contributed by atoms with Gasteiger partial charge in [0, 0.05) is 10.8 Å². The molecule has 0 aromatic heterocycles. The fourth-order valence-corrected chi connectivity index (χ4v) is 2.99. The van der Waals surface area contributed by atoms with Gasteiger partial charge in [0.05, 0.1) is 6.10 Å². The summed E-state index contributed by atoms with van der Waals surface area (Å²) in [7, 11) is 0. The van der Waals surface area contributed by atoms with E-state index in [2.05, 4.69) is 31.9 Å². The van der Waals surface area contributed by atoms with Crippen LogP contribution in [0.1, 0.15) is 25.0 Å². The molecular weight excluding hydrogens is 205 g/mol. The third-order valence-electron chi connectivity index (χ3n) is 2.83. The quantitative estimate of drug-likeness (QED) is 0.481. The number of hydrogen-bond donors (Lipinski definition) is 1. The van der Waals surface area contributed by atoms with Crippen LogP contribution in [0.2, 0.25) is 6.82 Å². The molecule has 0 fully saturated rings. The predicted molar refractivity (Wildman–Crippen MR) is 66.7 cm³/mol. The third-order valence-corrected chi connectivity index (χ3v) is 3.66. The fraction of sp³-hybridized carbons (Fsp3) is 0.455. The number of nitrogens with two attached hydrogens (primary N) is 1. The van der Waals surface area contributed by atoms with Gasteiger partial charge in [0.2, 0.25) is 0 Å². The number of hydrogen-bond acceptors (Lipinski definition) is 3. The van der Waals surface area contributed by atoms with Crippen molar-refractivity contribution in [1.82, 2.24) is 0 Å². The van der Waals surface area contributed by atoms with E-state index in [0.717, 1.165) is 6.42 Å². The van der Waals surface area contributed by atoms with E-state index in [1.807, 2.05) is 0 Å². The van der Waals surface area contributed by atoms with Crippen molar-refractivity contribution in [3.63, 3.8) is 0 Å². The molecule has 0 unspecified atom stereocenters. The summed E-state index contributed by atoms with van der Waals surface area (Å²) in [6.07, 6.45) is 1.31. The van der Waals surface area contributed by atoms with E-state index in [1.54, 1.807) is 11.8 Å². The largest absolute Gasteiger partial charge is 0.424 e. The Balaban J connectivity index is 2.42. The van der Waals surface area contributed by atoms with Crippen LogP contribution in [0.25, 0.3) is 0 Å². The van der Waals surface area contributed by atoms with Crippen molar-refractivity contribution < 1.29 is 4.65 Å². The molecule has 1 aromatic rings. The maximum absolute atomic E-state index is 5.91. The summed E-state index contributed by atoms with van der Waals surface area (Å²) in [5.41, 5.74) is 8.29. The van der Waals surface area contributed by atoms with E-state index >= 15 is 0 Å². The highest BCUT2D eigenvalue weighted by Crippen LogP contribution is 2.30. The molecule has 1 aliphatic heterocycles. The maximum atomic E-state index is 5.91. The molecule has 2 nitrogen and oxygen atoms in total. The van der Waals surface area contributed by atoms with Crippen LogP contribution < -0.4 is 11.2 Å². The highest BCUT2D eigenvalue weighted by Gasteiger charge is 2.32. The zero-order valence-corrected chi connectivity index (χ0v) is 10.0. The van der Waals surface area contributed by atoms with Crippen LogP contribution in [0, 0.1) is 0 Å². The monoisotopic (exact) mass is 221 g/mol. The van der Waals surface area contributed by atoms with Gasteiger partial charge in [0.1, 0.15) is 0 Å². The van der Waals surface area contributed by atoms with Crippen molar-refractivity contribution in [2.75, 3.05) is 5.88 Å². The van der Waals surface area contributed by atoms with Gasteiger partial charge in [0.25, 0.3) is 0 Å². The van der Waals surface area contributed by atoms with Gasteiger partial charge < -0.3 is 10.4 Å². The molecule has 0 bridgehead atoms. The Kier molecular flexibility index (Phi) is 3.39. The minimum absolute atomic E-state index is 0.209. The first kappa shape index (κ1) is 11.1. The fourth-order valence-electron chi connectivity index (χ4n) is 2.20. The van der Waals surface area contributed by atoms with E-state index in [1.165, 1.54) is 15.9 Å². The lowest BCUT2D eigenvalue weighted by atomic mass is 9.64. The second-order valence-electron chi connectivity index (χ2n) is 3.75. The van der Waals surface area contributed by atoms with Gasteiger partial charge in [-0.15, -0.1) is 11.8 Å².